The quantitative estimate of drug-likeness (QED) is 0.735. The van der Waals surface area contributed by atoms with E-state index in [0.29, 0.717) is 37.9 Å². The Morgan fingerprint density at radius 2 is 2.10 bits per heavy atom. The van der Waals surface area contributed by atoms with Gasteiger partial charge in [0.25, 0.3) is 5.91 Å². The van der Waals surface area contributed by atoms with Gasteiger partial charge in [-0.1, -0.05) is 0 Å². The van der Waals surface area contributed by atoms with Crippen molar-refractivity contribution >= 4 is 23.2 Å². The standard InChI is InChI=1S/C15H18N2O3S/c18-14(16-8-5-13-3-2-9-20-13)4-1-7-17-15(19)12-6-10-21-11-12/h2-3,6,9-11H,1,4-5,7-8H2,(H,16,18)(H,17,19). The van der Waals surface area contributed by atoms with E-state index in [-0.39, 0.29) is 11.8 Å². The summed E-state index contributed by atoms with van der Waals surface area (Å²) in [5.41, 5.74) is 0.669. The van der Waals surface area contributed by atoms with Gasteiger partial charge in [-0.3, -0.25) is 9.59 Å². The van der Waals surface area contributed by atoms with Gasteiger partial charge in [-0.2, -0.15) is 11.3 Å². The van der Waals surface area contributed by atoms with Crippen molar-refractivity contribution in [3.05, 3.63) is 46.5 Å². The van der Waals surface area contributed by atoms with Crippen LogP contribution >= 0.6 is 11.3 Å². The van der Waals surface area contributed by atoms with Crippen LogP contribution in [0, 0.1) is 0 Å². The van der Waals surface area contributed by atoms with Crippen LogP contribution in [0.3, 0.4) is 0 Å². The van der Waals surface area contributed by atoms with Gasteiger partial charge in [0.15, 0.2) is 0 Å². The third-order valence-electron chi connectivity index (χ3n) is 2.92. The molecule has 21 heavy (non-hydrogen) atoms. The monoisotopic (exact) mass is 306 g/mol. The second-order valence-corrected chi connectivity index (χ2v) is 5.33. The van der Waals surface area contributed by atoms with Gasteiger partial charge in [-0.15, -0.1) is 0 Å². The van der Waals surface area contributed by atoms with E-state index in [2.05, 4.69) is 10.6 Å². The number of carbonyl (C=O) groups is 2. The number of hydrogen-bond donors (Lipinski definition) is 2. The van der Waals surface area contributed by atoms with Crippen LogP contribution in [0.15, 0.2) is 39.6 Å². The van der Waals surface area contributed by atoms with Crippen LogP contribution in [0.1, 0.15) is 29.0 Å². The Labute approximate surface area is 127 Å². The van der Waals surface area contributed by atoms with Gasteiger partial charge in [0.2, 0.25) is 5.91 Å². The largest absolute Gasteiger partial charge is 0.469 e. The second-order valence-electron chi connectivity index (χ2n) is 4.55. The molecule has 2 amide bonds. The molecule has 2 heterocycles. The summed E-state index contributed by atoms with van der Waals surface area (Å²) in [6.45, 7) is 1.06. The average molecular weight is 306 g/mol. The Morgan fingerprint density at radius 3 is 2.81 bits per heavy atom. The molecule has 2 aromatic rings. The van der Waals surface area contributed by atoms with E-state index in [0.717, 1.165) is 5.76 Å². The molecule has 0 radical (unpaired) electrons. The lowest BCUT2D eigenvalue weighted by Crippen LogP contribution is -2.28. The highest BCUT2D eigenvalue weighted by molar-refractivity contribution is 7.08. The molecule has 0 spiro atoms. The lowest BCUT2D eigenvalue weighted by molar-refractivity contribution is -0.121. The van der Waals surface area contributed by atoms with Crippen molar-refractivity contribution < 1.29 is 14.0 Å². The van der Waals surface area contributed by atoms with E-state index in [9.17, 15) is 9.59 Å². The Kier molecular flexibility index (Phi) is 6.02. The number of thiophene rings is 1. The van der Waals surface area contributed by atoms with Crippen LogP contribution in [-0.4, -0.2) is 24.9 Å². The fourth-order valence-corrected chi connectivity index (χ4v) is 2.45. The summed E-state index contributed by atoms with van der Waals surface area (Å²) in [4.78, 5) is 23.2. The molecule has 0 bridgehead atoms. The number of carbonyl (C=O) groups excluding carboxylic acids is 2. The molecule has 5 nitrogen and oxygen atoms in total. The SMILES string of the molecule is O=C(CCCNC(=O)c1ccsc1)NCCc1ccco1. The number of nitrogens with one attached hydrogen (secondary N) is 2. The Morgan fingerprint density at radius 1 is 1.19 bits per heavy atom. The molecule has 0 aliphatic heterocycles. The first kappa shape index (κ1) is 15.3. The highest BCUT2D eigenvalue weighted by Crippen LogP contribution is 2.05. The maximum atomic E-state index is 11.6. The molecule has 2 aromatic heterocycles. The molecular weight excluding hydrogens is 288 g/mol. The molecule has 0 aromatic carbocycles. The predicted molar refractivity (Wildman–Crippen MR) is 81.3 cm³/mol. The zero-order valence-corrected chi connectivity index (χ0v) is 12.4. The van der Waals surface area contributed by atoms with Crippen LogP contribution < -0.4 is 10.6 Å². The summed E-state index contributed by atoms with van der Waals surface area (Å²) in [6, 6.07) is 5.49. The minimum Gasteiger partial charge on any atom is -0.469 e. The van der Waals surface area contributed by atoms with Crippen LogP contribution in [0.2, 0.25) is 0 Å². The van der Waals surface area contributed by atoms with E-state index in [4.69, 9.17) is 4.42 Å². The predicted octanol–water partition coefficient (Wildman–Crippen LogP) is 2.21. The summed E-state index contributed by atoms with van der Waals surface area (Å²) in [7, 11) is 0. The Hall–Kier alpha value is -2.08. The van der Waals surface area contributed by atoms with Crippen molar-refractivity contribution in [2.75, 3.05) is 13.1 Å². The molecule has 0 saturated heterocycles. The van der Waals surface area contributed by atoms with Gasteiger partial charge in [-0.25, -0.2) is 0 Å². The summed E-state index contributed by atoms with van der Waals surface area (Å²) in [6.07, 6.45) is 3.34. The van der Waals surface area contributed by atoms with E-state index in [1.165, 1.54) is 11.3 Å². The lowest BCUT2D eigenvalue weighted by atomic mass is 10.2. The van der Waals surface area contributed by atoms with Gasteiger partial charge in [-0.05, 0) is 30.0 Å². The molecule has 2 N–H and O–H groups in total. The minimum absolute atomic E-state index is 0.00802. The van der Waals surface area contributed by atoms with Gasteiger partial charge >= 0.3 is 0 Å². The molecule has 0 aliphatic rings. The molecular formula is C15H18N2O3S. The van der Waals surface area contributed by atoms with Crippen molar-refractivity contribution in [2.45, 2.75) is 19.3 Å². The summed E-state index contributed by atoms with van der Waals surface area (Å²) in [5.74, 6) is 0.763. The Bertz CT molecular complexity index is 550. The van der Waals surface area contributed by atoms with Crippen molar-refractivity contribution in [1.29, 1.82) is 0 Å². The van der Waals surface area contributed by atoms with Crippen molar-refractivity contribution in [3.63, 3.8) is 0 Å². The van der Waals surface area contributed by atoms with Gasteiger partial charge < -0.3 is 15.1 Å². The van der Waals surface area contributed by atoms with E-state index in [1.54, 1.807) is 17.7 Å². The van der Waals surface area contributed by atoms with Crippen LogP contribution in [-0.2, 0) is 11.2 Å². The summed E-state index contributed by atoms with van der Waals surface area (Å²) < 4.78 is 5.18. The molecule has 2 rings (SSSR count). The van der Waals surface area contributed by atoms with E-state index >= 15 is 0 Å². The van der Waals surface area contributed by atoms with Gasteiger partial charge in [0.05, 0.1) is 6.26 Å². The third-order valence-corrected chi connectivity index (χ3v) is 3.61. The molecule has 0 saturated carbocycles. The van der Waals surface area contributed by atoms with Crippen molar-refractivity contribution in [2.24, 2.45) is 0 Å². The van der Waals surface area contributed by atoms with Crippen LogP contribution in [0.25, 0.3) is 0 Å². The van der Waals surface area contributed by atoms with E-state index < -0.39 is 0 Å². The molecule has 112 valence electrons. The first-order chi connectivity index (χ1) is 10.3. The molecule has 0 aliphatic carbocycles. The van der Waals surface area contributed by atoms with Gasteiger partial charge in [0, 0.05) is 36.9 Å². The van der Waals surface area contributed by atoms with Crippen molar-refractivity contribution in [3.8, 4) is 0 Å². The highest BCUT2D eigenvalue weighted by atomic mass is 32.1. The summed E-state index contributed by atoms with van der Waals surface area (Å²) >= 11 is 1.49. The summed E-state index contributed by atoms with van der Waals surface area (Å²) in [5, 5.41) is 9.28. The normalized spacial score (nSPS) is 10.3. The second kappa shape index (κ2) is 8.26. The number of rotatable bonds is 8. The zero-order valence-electron chi connectivity index (χ0n) is 11.6. The smallest absolute Gasteiger partial charge is 0.252 e. The number of furan rings is 1. The molecule has 6 heteroatoms. The maximum Gasteiger partial charge on any atom is 0.252 e. The Balaban J connectivity index is 1.52. The minimum atomic E-state index is -0.0884. The number of hydrogen-bond acceptors (Lipinski definition) is 4. The topological polar surface area (TPSA) is 71.3 Å². The fourth-order valence-electron chi connectivity index (χ4n) is 1.81. The first-order valence-corrected chi connectivity index (χ1v) is 7.79. The lowest BCUT2D eigenvalue weighted by Gasteiger charge is -2.05. The van der Waals surface area contributed by atoms with Crippen LogP contribution in [0.4, 0.5) is 0 Å². The molecule has 0 fully saturated rings. The maximum absolute atomic E-state index is 11.6. The average Bonchev–Trinajstić information content (AvgIpc) is 3.16. The first-order valence-electron chi connectivity index (χ1n) is 6.85. The highest BCUT2D eigenvalue weighted by Gasteiger charge is 2.06. The van der Waals surface area contributed by atoms with Crippen LogP contribution in [0.5, 0.6) is 0 Å². The molecule has 0 atom stereocenters. The van der Waals surface area contributed by atoms with Gasteiger partial charge in [0.1, 0.15) is 5.76 Å². The van der Waals surface area contributed by atoms with Crippen molar-refractivity contribution in [1.82, 2.24) is 10.6 Å². The third kappa shape index (κ3) is 5.43. The molecule has 0 unspecified atom stereocenters. The van der Waals surface area contributed by atoms with E-state index in [1.807, 2.05) is 17.5 Å². The number of amides is 2. The zero-order chi connectivity index (χ0) is 14.9. The fraction of sp³-hybridized carbons (Fsp3) is 0.333.